The van der Waals surface area contributed by atoms with Gasteiger partial charge in [0.2, 0.25) is 0 Å². The molecular weight excluding hydrogens is 187 g/mol. The number of hydrogen-bond donors (Lipinski definition) is 0. The number of rotatable bonds is 4. The van der Waals surface area contributed by atoms with E-state index in [4.69, 9.17) is 0 Å². The highest BCUT2D eigenvalue weighted by Gasteiger charge is 1.98. The van der Waals surface area contributed by atoms with E-state index in [9.17, 15) is 0 Å². The van der Waals surface area contributed by atoms with Crippen molar-refractivity contribution in [3.05, 3.63) is 29.3 Å². The Morgan fingerprint density at radius 2 is 1.64 bits per heavy atom. The molecule has 0 radical (unpaired) electrons. The van der Waals surface area contributed by atoms with Crippen LogP contribution >= 0.6 is 8.58 Å². The van der Waals surface area contributed by atoms with Crippen LogP contribution in [0.25, 0.3) is 0 Å². The van der Waals surface area contributed by atoms with Crippen molar-refractivity contribution in [3.8, 4) is 0 Å². The third-order valence-electron chi connectivity index (χ3n) is 2.27. The maximum Gasteiger partial charge on any atom is -0.0266 e. The van der Waals surface area contributed by atoms with Crippen LogP contribution in [0.5, 0.6) is 0 Å². The maximum absolute atomic E-state index is 2.33. The molecule has 0 nitrogen and oxygen atoms in total. The van der Waals surface area contributed by atoms with Crippen molar-refractivity contribution >= 4 is 13.9 Å². The van der Waals surface area contributed by atoms with Crippen molar-refractivity contribution in [2.75, 3.05) is 6.16 Å². The average molecular weight is 208 g/mol. The minimum Gasteiger partial charge on any atom is -0.0904 e. The fourth-order valence-electron chi connectivity index (χ4n) is 1.58. The van der Waals surface area contributed by atoms with Crippen LogP contribution < -0.4 is 5.30 Å². The first kappa shape index (κ1) is 11.7. The Labute approximate surface area is 89.9 Å². The lowest BCUT2D eigenvalue weighted by Crippen LogP contribution is -1.99. The van der Waals surface area contributed by atoms with Crippen LogP contribution in [0.15, 0.2) is 18.2 Å². The third kappa shape index (κ3) is 4.24. The minimum absolute atomic E-state index is 0.841. The van der Waals surface area contributed by atoms with E-state index in [1.54, 1.807) is 0 Å². The first-order valence-corrected chi connectivity index (χ1v) is 6.61. The van der Waals surface area contributed by atoms with Crippen molar-refractivity contribution < 1.29 is 0 Å². The summed E-state index contributed by atoms with van der Waals surface area (Å²) < 4.78 is 0. The van der Waals surface area contributed by atoms with Gasteiger partial charge in [0.05, 0.1) is 0 Å². The second-order valence-electron chi connectivity index (χ2n) is 4.49. The van der Waals surface area contributed by atoms with Crippen LogP contribution in [0.1, 0.15) is 31.4 Å². The van der Waals surface area contributed by atoms with E-state index >= 15 is 0 Å². The zero-order valence-electron chi connectivity index (χ0n) is 9.72. The molecule has 14 heavy (non-hydrogen) atoms. The largest absolute Gasteiger partial charge is 0.0904 e. The molecule has 1 aromatic carbocycles. The average Bonchev–Trinajstić information content (AvgIpc) is 2.01. The van der Waals surface area contributed by atoms with Gasteiger partial charge >= 0.3 is 0 Å². The van der Waals surface area contributed by atoms with Crippen LogP contribution in [-0.2, 0) is 0 Å². The van der Waals surface area contributed by atoms with E-state index in [0.717, 1.165) is 14.5 Å². The van der Waals surface area contributed by atoms with E-state index in [1.807, 2.05) is 0 Å². The molecule has 1 atom stereocenters. The molecule has 0 saturated carbocycles. The lowest BCUT2D eigenvalue weighted by atomic mass is 10.2. The van der Waals surface area contributed by atoms with Gasteiger partial charge in [-0.15, -0.1) is 0 Å². The summed E-state index contributed by atoms with van der Waals surface area (Å²) in [5.74, 6) is 0.841. The highest BCUT2D eigenvalue weighted by molar-refractivity contribution is 7.47. The molecule has 0 N–H and O–H groups in total. The Morgan fingerprint density at radius 1 is 1.07 bits per heavy atom. The molecule has 0 aliphatic heterocycles. The van der Waals surface area contributed by atoms with Crippen LogP contribution in [0.4, 0.5) is 0 Å². The summed E-state index contributed by atoms with van der Waals surface area (Å²) in [5.41, 5.74) is 2.80. The minimum atomic E-state index is 0.841. The molecule has 0 aliphatic carbocycles. The van der Waals surface area contributed by atoms with Crippen LogP contribution in [0.2, 0.25) is 0 Å². The summed E-state index contributed by atoms with van der Waals surface area (Å²) in [6.07, 6.45) is 2.70. The predicted octanol–water partition coefficient (Wildman–Crippen LogP) is 3.65. The Kier molecular flexibility index (Phi) is 4.62. The van der Waals surface area contributed by atoms with Gasteiger partial charge in [0.1, 0.15) is 0 Å². The Balaban J connectivity index is 2.50. The second-order valence-corrected chi connectivity index (χ2v) is 5.92. The lowest BCUT2D eigenvalue weighted by molar-refractivity contribution is 0.631. The highest BCUT2D eigenvalue weighted by atomic mass is 31.1. The van der Waals surface area contributed by atoms with Gasteiger partial charge in [0.15, 0.2) is 0 Å². The maximum atomic E-state index is 2.33. The molecule has 0 spiro atoms. The zero-order chi connectivity index (χ0) is 10.6. The van der Waals surface area contributed by atoms with Crippen molar-refractivity contribution in [2.45, 2.75) is 34.1 Å². The van der Waals surface area contributed by atoms with E-state index in [1.165, 1.54) is 29.0 Å². The number of hydrogen-bond acceptors (Lipinski definition) is 0. The van der Waals surface area contributed by atoms with E-state index in [2.05, 4.69) is 45.9 Å². The van der Waals surface area contributed by atoms with Crippen molar-refractivity contribution in [3.63, 3.8) is 0 Å². The normalized spacial score (nSPS) is 11.8. The van der Waals surface area contributed by atoms with Crippen molar-refractivity contribution in [2.24, 2.45) is 5.92 Å². The summed E-state index contributed by atoms with van der Waals surface area (Å²) in [5, 5.41) is 1.53. The molecule has 1 unspecified atom stereocenters. The van der Waals surface area contributed by atoms with Crippen LogP contribution in [0, 0.1) is 19.8 Å². The molecule has 0 saturated heterocycles. The first-order chi connectivity index (χ1) is 6.58. The Hall–Kier alpha value is -0.350. The quantitative estimate of drug-likeness (QED) is 0.662. The second kappa shape index (κ2) is 5.51. The van der Waals surface area contributed by atoms with Crippen molar-refractivity contribution in [1.82, 2.24) is 0 Å². The van der Waals surface area contributed by atoms with E-state index in [0.29, 0.717) is 0 Å². The monoisotopic (exact) mass is 208 g/mol. The molecule has 0 aliphatic rings. The third-order valence-corrected chi connectivity index (χ3v) is 3.51. The van der Waals surface area contributed by atoms with E-state index < -0.39 is 0 Å². The van der Waals surface area contributed by atoms with Gasteiger partial charge in [-0.25, -0.2) is 0 Å². The Morgan fingerprint density at radius 3 is 2.14 bits per heavy atom. The molecule has 0 amide bonds. The van der Waals surface area contributed by atoms with Crippen LogP contribution in [-0.4, -0.2) is 6.16 Å². The highest BCUT2D eigenvalue weighted by Crippen LogP contribution is 2.16. The molecule has 78 valence electrons. The van der Waals surface area contributed by atoms with Crippen LogP contribution in [0.3, 0.4) is 0 Å². The zero-order valence-corrected chi connectivity index (χ0v) is 10.7. The van der Waals surface area contributed by atoms with Gasteiger partial charge in [-0.2, -0.15) is 0 Å². The topological polar surface area (TPSA) is 0 Å². The van der Waals surface area contributed by atoms with Gasteiger partial charge in [-0.3, -0.25) is 0 Å². The summed E-state index contributed by atoms with van der Waals surface area (Å²) in [4.78, 5) is 0. The fourth-order valence-corrected chi connectivity index (χ4v) is 3.25. The standard InChI is InChI=1S/C13H21P/c1-10(2)5-6-14-13-8-11(3)7-12(4)9-13/h7-10,14H,5-6H2,1-4H3. The Bertz CT molecular complexity index is 269. The molecule has 1 heteroatoms. The molecule has 1 rings (SSSR count). The SMILES string of the molecule is Cc1cc(C)cc(PCCC(C)C)c1. The predicted molar refractivity (Wildman–Crippen MR) is 68.2 cm³/mol. The van der Waals surface area contributed by atoms with Gasteiger partial charge in [-0.05, 0) is 37.7 Å². The van der Waals surface area contributed by atoms with Gasteiger partial charge in [0.25, 0.3) is 0 Å². The van der Waals surface area contributed by atoms with E-state index in [-0.39, 0.29) is 0 Å². The molecule has 0 heterocycles. The summed E-state index contributed by atoms with van der Waals surface area (Å²) in [7, 11) is 0.990. The first-order valence-electron chi connectivity index (χ1n) is 5.40. The number of aryl methyl sites for hydroxylation is 2. The summed E-state index contributed by atoms with van der Waals surface area (Å²) >= 11 is 0. The molecule has 1 aromatic rings. The summed E-state index contributed by atoms with van der Waals surface area (Å²) in [6.45, 7) is 8.96. The van der Waals surface area contributed by atoms with Gasteiger partial charge in [0, 0.05) is 0 Å². The fraction of sp³-hybridized carbons (Fsp3) is 0.538. The molecule has 0 bridgehead atoms. The smallest absolute Gasteiger partial charge is 0.0266 e. The summed E-state index contributed by atoms with van der Waals surface area (Å²) in [6, 6.07) is 6.90. The van der Waals surface area contributed by atoms with Gasteiger partial charge < -0.3 is 0 Å². The molecule has 0 aromatic heterocycles. The molecular formula is C13H21P. The van der Waals surface area contributed by atoms with Crippen molar-refractivity contribution in [1.29, 1.82) is 0 Å². The van der Waals surface area contributed by atoms with Gasteiger partial charge in [-0.1, -0.05) is 51.8 Å². The molecule has 0 fully saturated rings. The lowest BCUT2D eigenvalue weighted by Gasteiger charge is -2.06. The number of benzene rings is 1.